The second kappa shape index (κ2) is 7.57. The third kappa shape index (κ3) is 4.56. The summed E-state index contributed by atoms with van der Waals surface area (Å²) in [4.78, 5) is 0. The second-order valence-electron chi connectivity index (χ2n) is 2.89. The molecule has 2 nitrogen and oxygen atoms in total. The molecule has 0 bridgehead atoms. The highest BCUT2D eigenvalue weighted by Gasteiger charge is 2.00. The molecular weight excluding hydrogens is 233 g/mol. The van der Waals surface area contributed by atoms with Crippen LogP contribution in [0.15, 0.2) is 30.9 Å². The third-order valence-electron chi connectivity index (χ3n) is 1.83. The lowest BCUT2D eigenvalue weighted by Crippen LogP contribution is -2.12. The minimum atomic E-state index is 0. The Morgan fingerprint density at radius 2 is 2.27 bits per heavy atom. The highest BCUT2D eigenvalue weighted by Crippen LogP contribution is 2.24. The fourth-order valence-electron chi connectivity index (χ4n) is 1.14. The van der Waals surface area contributed by atoms with Crippen molar-refractivity contribution < 1.29 is 4.74 Å². The summed E-state index contributed by atoms with van der Waals surface area (Å²) in [5, 5.41) is 3.84. The summed E-state index contributed by atoms with van der Waals surface area (Å²) in [5.74, 6) is 0.708. The van der Waals surface area contributed by atoms with Crippen LogP contribution < -0.4 is 10.1 Å². The topological polar surface area (TPSA) is 21.3 Å². The van der Waals surface area contributed by atoms with Gasteiger partial charge in [-0.25, -0.2) is 0 Å². The highest BCUT2D eigenvalue weighted by atomic mass is 35.5. The van der Waals surface area contributed by atoms with Crippen molar-refractivity contribution in [2.75, 3.05) is 13.7 Å². The Labute approximate surface area is 102 Å². The van der Waals surface area contributed by atoms with Crippen molar-refractivity contribution in [1.82, 2.24) is 5.32 Å². The minimum absolute atomic E-state index is 0. The van der Waals surface area contributed by atoms with Crippen LogP contribution in [0.1, 0.15) is 5.56 Å². The van der Waals surface area contributed by atoms with E-state index in [1.807, 2.05) is 24.3 Å². The summed E-state index contributed by atoms with van der Waals surface area (Å²) in [6.45, 7) is 5.21. The van der Waals surface area contributed by atoms with Gasteiger partial charge in [-0.2, -0.15) is 0 Å². The van der Waals surface area contributed by atoms with Gasteiger partial charge in [0.2, 0.25) is 0 Å². The number of hydrogen-bond donors (Lipinski definition) is 1. The van der Waals surface area contributed by atoms with Crippen molar-refractivity contribution in [3.8, 4) is 5.75 Å². The highest BCUT2D eigenvalue weighted by molar-refractivity contribution is 6.32. The Morgan fingerprint density at radius 3 is 2.80 bits per heavy atom. The normalized spacial score (nSPS) is 9.20. The number of hydrogen-bond acceptors (Lipinski definition) is 2. The van der Waals surface area contributed by atoms with Crippen LogP contribution in [0.3, 0.4) is 0 Å². The van der Waals surface area contributed by atoms with Crippen LogP contribution in [0.4, 0.5) is 0 Å². The molecule has 0 aliphatic rings. The number of benzene rings is 1. The quantitative estimate of drug-likeness (QED) is 0.638. The van der Waals surface area contributed by atoms with Gasteiger partial charge in [0.25, 0.3) is 0 Å². The number of nitrogens with one attached hydrogen (secondary N) is 1. The molecule has 4 heteroatoms. The Balaban J connectivity index is 0.00000196. The summed E-state index contributed by atoms with van der Waals surface area (Å²) in [6.07, 6.45) is 1.82. The Kier molecular flexibility index (Phi) is 7.22. The van der Waals surface area contributed by atoms with Gasteiger partial charge in [0.05, 0.1) is 12.1 Å². The van der Waals surface area contributed by atoms with E-state index in [4.69, 9.17) is 16.3 Å². The number of rotatable bonds is 5. The molecule has 0 aliphatic heterocycles. The van der Waals surface area contributed by atoms with Gasteiger partial charge in [-0.1, -0.05) is 23.7 Å². The molecule has 1 aromatic carbocycles. The predicted octanol–water partition coefficient (Wildman–Crippen LogP) is 3.05. The zero-order chi connectivity index (χ0) is 10.4. The molecule has 0 fully saturated rings. The molecule has 0 saturated heterocycles. The van der Waals surface area contributed by atoms with Gasteiger partial charge >= 0.3 is 0 Å². The van der Waals surface area contributed by atoms with Crippen LogP contribution >= 0.6 is 24.0 Å². The van der Waals surface area contributed by atoms with Crippen LogP contribution in [0.25, 0.3) is 0 Å². The molecule has 0 unspecified atom stereocenters. The first kappa shape index (κ1) is 14.3. The number of halogens is 2. The van der Waals surface area contributed by atoms with E-state index in [1.54, 1.807) is 7.11 Å². The van der Waals surface area contributed by atoms with Crippen molar-refractivity contribution in [3.63, 3.8) is 0 Å². The molecular formula is C11H15Cl2NO. The van der Waals surface area contributed by atoms with Gasteiger partial charge in [0.15, 0.2) is 0 Å². The summed E-state index contributed by atoms with van der Waals surface area (Å²) in [7, 11) is 1.61. The average Bonchev–Trinajstić information content (AvgIpc) is 2.18. The molecule has 0 amide bonds. The first-order chi connectivity index (χ1) is 6.77. The second-order valence-corrected chi connectivity index (χ2v) is 3.30. The monoisotopic (exact) mass is 247 g/mol. The van der Waals surface area contributed by atoms with Crippen molar-refractivity contribution in [2.24, 2.45) is 0 Å². The van der Waals surface area contributed by atoms with Crippen LogP contribution in [-0.2, 0) is 6.54 Å². The standard InChI is InChI=1S/C11H14ClNO.ClH/c1-3-6-13-8-9-4-5-11(14-2)10(12)7-9;/h3-5,7,13H,1,6,8H2,2H3;1H. The maximum atomic E-state index is 5.97. The summed E-state index contributed by atoms with van der Waals surface area (Å²) < 4.78 is 5.06. The van der Waals surface area contributed by atoms with Gasteiger partial charge in [-0.15, -0.1) is 19.0 Å². The molecule has 0 radical (unpaired) electrons. The molecule has 0 atom stereocenters. The maximum absolute atomic E-state index is 5.97. The van der Waals surface area contributed by atoms with E-state index in [2.05, 4.69) is 11.9 Å². The summed E-state index contributed by atoms with van der Waals surface area (Å²) in [6, 6.07) is 5.75. The zero-order valence-electron chi connectivity index (χ0n) is 8.63. The Hall–Kier alpha value is -0.700. The largest absolute Gasteiger partial charge is 0.495 e. The molecule has 0 aromatic heterocycles. The van der Waals surface area contributed by atoms with E-state index in [-0.39, 0.29) is 12.4 Å². The van der Waals surface area contributed by atoms with Gasteiger partial charge in [-0.05, 0) is 17.7 Å². The summed E-state index contributed by atoms with van der Waals surface area (Å²) >= 11 is 5.97. The predicted molar refractivity (Wildman–Crippen MR) is 67.2 cm³/mol. The summed E-state index contributed by atoms with van der Waals surface area (Å²) in [5.41, 5.74) is 1.14. The van der Waals surface area contributed by atoms with E-state index in [9.17, 15) is 0 Å². The molecule has 1 aromatic rings. The van der Waals surface area contributed by atoms with E-state index in [1.165, 1.54) is 0 Å². The van der Waals surface area contributed by atoms with Crippen molar-refractivity contribution >= 4 is 24.0 Å². The van der Waals surface area contributed by atoms with E-state index in [0.29, 0.717) is 10.8 Å². The third-order valence-corrected chi connectivity index (χ3v) is 2.13. The fraction of sp³-hybridized carbons (Fsp3) is 0.273. The van der Waals surface area contributed by atoms with Gasteiger partial charge in [0, 0.05) is 13.1 Å². The maximum Gasteiger partial charge on any atom is 0.137 e. The lowest BCUT2D eigenvalue weighted by atomic mass is 10.2. The fourth-order valence-corrected chi connectivity index (χ4v) is 1.42. The molecule has 0 saturated carbocycles. The first-order valence-electron chi connectivity index (χ1n) is 4.42. The number of ether oxygens (including phenoxy) is 1. The molecule has 0 aliphatic carbocycles. The van der Waals surface area contributed by atoms with E-state index < -0.39 is 0 Å². The van der Waals surface area contributed by atoms with E-state index >= 15 is 0 Å². The van der Waals surface area contributed by atoms with Crippen LogP contribution in [0.2, 0.25) is 5.02 Å². The van der Waals surface area contributed by atoms with Crippen molar-refractivity contribution in [1.29, 1.82) is 0 Å². The van der Waals surface area contributed by atoms with Crippen molar-refractivity contribution in [2.45, 2.75) is 6.54 Å². The first-order valence-corrected chi connectivity index (χ1v) is 4.79. The van der Waals surface area contributed by atoms with Crippen molar-refractivity contribution in [3.05, 3.63) is 41.4 Å². The van der Waals surface area contributed by atoms with Gasteiger partial charge in [-0.3, -0.25) is 0 Å². The Morgan fingerprint density at radius 1 is 1.53 bits per heavy atom. The zero-order valence-corrected chi connectivity index (χ0v) is 10.2. The van der Waals surface area contributed by atoms with Crippen LogP contribution in [0.5, 0.6) is 5.75 Å². The van der Waals surface area contributed by atoms with Gasteiger partial charge in [0.1, 0.15) is 5.75 Å². The lowest BCUT2D eigenvalue weighted by molar-refractivity contribution is 0.415. The van der Waals surface area contributed by atoms with Gasteiger partial charge < -0.3 is 10.1 Å². The number of methoxy groups -OCH3 is 1. The lowest BCUT2D eigenvalue weighted by Gasteiger charge is -2.06. The molecule has 84 valence electrons. The molecule has 15 heavy (non-hydrogen) atoms. The van der Waals surface area contributed by atoms with Crippen LogP contribution in [-0.4, -0.2) is 13.7 Å². The van der Waals surface area contributed by atoms with Crippen LogP contribution in [0, 0.1) is 0 Å². The minimum Gasteiger partial charge on any atom is -0.495 e. The van der Waals surface area contributed by atoms with E-state index in [0.717, 1.165) is 18.7 Å². The SMILES string of the molecule is C=CCNCc1ccc(OC)c(Cl)c1.Cl. The Bertz CT molecular complexity index is 315. The molecule has 1 N–H and O–H groups in total. The smallest absolute Gasteiger partial charge is 0.137 e. The molecule has 0 heterocycles. The average molecular weight is 248 g/mol. The molecule has 1 rings (SSSR count). The molecule has 0 spiro atoms.